The average Bonchev–Trinajstić information content (AvgIpc) is 3.02. The normalized spacial score (nSPS) is 22.7. The Kier molecular flexibility index (Phi) is 5.73. The van der Waals surface area contributed by atoms with E-state index >= 15 is 0 Å². The van der Waals surface area contributed by atoms with Gasteiger partial charge in [-0.15, -0.1) is 0 Å². The molecule has 1 saturated heterocycles. The molecule has 2 aliphatic rings. The lowest BCUT2D eigenvalue weighted by molar-refractivity contribution is -0.0722. The Hall–Kier alpha value is -1.78. The highest BCUT2D eigenvalue weighted by Gasteiger charge is 2.42. The van der Waals surface area contributed by atoms with Gasteiger partial charge in [0.1, 0.15) is 5.69 Å². The van der Waals surface area contributed by atoms with Crippen molar-refractivity contribution in [2.24, 2.45) is 0 Å². The standard InChI is InChI=1S/C19H21ClN2O2.C2H6/c1-19(17-7-6-14(20)12-21-17)23-16-5-3-4-15(18(16)24-19)13-8-10-22(2)11-9-13;1-2/h3-7,12-13H,8-11H2,1-2H3;1-2H3/t19-;/m0./s1. The number of hydrogen-bond acceptors (Lipinski definition) is 4. The quantitative estimate of drug-likeness (QED) is 0.722. The first-order valence-corrected chi connectivity index (χ1v) is 9.74. The van der Waals surface area contributed by atoms with Crippen molar-refractivity contribution in [2.45, 2.75) is 45.3 Å². The number of aromatic nitrogens is 1. The van der Waals surface area contributed by atoms with Crippen LogP contribution in [0.3, 0.4) is 0 Å². The molecule has 1 aromatic carbocycles. The average molecular weight is 375 g/mol. The molecule has 0 amide bonds. The molecule has 0 spiro atoms. The number of ether oxygens (including phenoxy) is 2. The van der Waals surface area contributed by atoms with Crippen LogP contribution in [0.4, 0.5) is 0 Å². The zero-order valence-electron chi connectivity index (χ0n) is 16.0. The molecule has 0 aliphatic carbocycles. The van der Waals surface area contributed by atoms with Gasteiger partial charge in [-0.1, -0.05) is 37.6 Å². The van der Waals surface area contributed by atoms with Crippen molar-refractivity contribution >= 4 is 11.6 Å². The summed E-state index contributed by atoms with van der Waals surface area (Å²) in [6.07, 6.45) is 3.91. The number of rotatable bonds is 2. The number of hydrogen-bond donors (Lipinski definition) is 0. The molecule has 0 N–H and O–H groups in total. The van der Waals surface area contributed by atoms with Crippen LogP contribution in [0.5, 0.6) is 11.5 Å². The van der Waals surface area contributed by atoms with Gasteiger partial charge in [-0.05, 0) is 57.1 Å². The van der Waals surface area contributed by atoms with Gasteiger partial charge in [0, 0.05) is 18.7 Å². The Bertz CT molecular complexity index is 742. The third kappa shape index (κ3) is 3.67. The van der Waals surface area contributed by atoms with E-state index in [1.807, 2.05) is 39.0 Å². The summed E-state index contributed by atoms with van der Waals surface area (Å²) in [4.78, 5) is 6.75. The number of fused-ring (bicyclic) bond motifs is 1. The van der Waals surface area contributed by atoms with Gasteiger partial charge in [0.25, 0.3) is 5.79 Å². The van der Waals surface area contributed by atoms with Crippen LogP contribution in [-0.4, -0.2) is 30.0 Å². The first-order chi connectivity index (χ1) is 12.5. The van der Waals surface area contributed by atoms with E-state index in [2.05, 4.69) is 29.1 Å². The van der Waals surface area contributed by atoms with E-state index in [4.69, 9.17) is 21.1 Å². The smallest absolute Gasteiger partial charge is 0.292 e. The summed E-state index contributed by atoms with van der Waals surface area (Å²) in [6, 6.07) is 9.84. The highest BCUT2D eigenvalue weighted by atomic mass is 35.5. The van der Waals surface area contributed by atoms with Crippen molar-refractivity contribution in [3.63, 3.8) is 0 Å². The van der Waals surface area contributed by atoms with Gasteiger partial charge in [0.05, 0.1) is 5.02 Å². The third-order valence-corrected chi connectivity index (χ3v) is 5.19. The molecular formula is C21H27ClN2O2. The van der Waals surface area contributed by atoms with E-state index < -0.39 is 5.79 Å². The van der Waals surface area contributed by atoms with Gasteiger partial charge in [-0.3, -0.25) is 4.98 Å². The monoisotopic (exact) mass is 374 g/mol. The summed E-state index contributed by atoms with van der Waals surface area (Å²) in [5, 5.41) is 0.602. The molecule has 1 aromatic heterocycles. The van der Waals surface area contributed by atoms with Gasteiger partial charge >= 0.3 is 0 Å². The summed E-state index contributed by atoms with van der Waals surface area (Å²) in [6.45, 7) is 8.14. The molecule has 0 bridgehead atoms. The molecular weight excluding hydrogens is 348 g/mol. The molecule has 4 nitrogen and oxygen atoms in total. The first kappa shape index (κ1) is 19.0. The van der Waals surface area contributed by atoms with E-state index in [1.54, 1.807) is 6.20 Å². The number of likely N-dealkylation sites (tertiary alicyclic amines) is 1. The molecule has 26 heavy (non-hydrogen) atoms. The van der Waals surface area contributed by atoms with Crippen molar-refractivity contribution in [1.29, 1.82) is 0 Å². The van der Waals surface area contributed by atoms with E-state index in [9.17, 15) is 0 Å². The predicted octanol–water partition coefficient (Wildman–Crippen LogP) is 5.21. The summed E-state index contributed by atoms with van der Waals surface area (Å²) >= 11 is 5.94. The summed E-state index contributed by atoms with van der Waals surface area (Å²) in [7, 11) is 2.18. The van der Waals surface area contributed by atoms with Crippen LogP contribution in [0.1, 0.15) is 50.8 Å². The molecule has 3 heterocycles. The Labute approximate surface area is 161 Å². The maximum absolute atomic E-state index is 6.29. The molecule has 5 heteroatoms. The van der Waals surface area contributed by atoms with Gasteiger partial charge in [0.15, 0.2) is 11.5 Å². The number of piperidine rings is 1. The molecule has 0 unspecified atom stereocenters. The van der Waals surface area contributed by atoms with Crippen LogP contribution in [0.25, 0.3) is 0 Å². The zero-order chi connectivity index (χ0) is 18.7. The van der Waals surface area contributed by atoms with Crippen molar-refractivity contribution < 1.29 is 9.47 Å². The van der Waals surface area contributed by atoms with Crippen LogP contribution >= 0.6 is 11.6 Å². The Morgan fingerprint density at radius 2 is 1.85 bits per heavy atom. The minimum Gasteiger partial charge on any atom is -0.443 e. The minimum atomic E-state index is -0.908. The fourth-order valence-corrected chi connectivity index (χ4v) is 3.65. The number of benzene rings is 1. The topological polar surface area (TPSA) is 34.6 Å². The molecule has 0 saturated carbocycles. The number of halogens is 1. The Morgan fingerprint density at radius 1 is 1.12 bits per heavy atom. The van der Waals surface area contributed by atoms with Crippen LogP contribution in [-0.2, 0) is 5.79 Å². The number of nitrogens with zero attached hydrogens (tertiary/aromatic N) is 2. The van der Waals surface area contributed by atoms with Crippen molar-refractivity contribution in [3.8, 4) is 11.5 Å². The molecule has 2 aliphatic heterocycles. The van der Waals surface area contributed by atoms with E-state index in [0.29, 0.717) is 10.9 Å². The lowest BCUT2D eigenvalue weighted by Gasteiger charge is -2.30. The van der Waals surface area contributed by atoms with Crippen molar-refractivity contribution in [3.05, 3.63) is 52.8 Å². The second-order valence-corrected chi connectivity index (χ2v) is 7.20. The van der Waals surface area contributed by atoms with Crippen molar-refractivity contribution in [2.75, 3.05) is 20.1 Å². The predicted molar refractivity (Wildman–Crippen MR) is 105 cm³/mol. The van der Waals surface area contributed by atoms with E-state index in [1.165, 1.54) is 5.56 Å². The SMILES string of the molecule is CC.CN1CCC(c2cccc3c2O[C@@](C)(c2ccc(Cl)cn2)O3)CC1. The fraction of sp³-hybridized carbons (Fsp3) is 0.476. The molecule has 1 fully saturated rings. The second kappa shape index (κ2) is 7.85. The Morgan fingerprint density at radius 3 is 2.50 bits per heavy atom. The van der Waals surface area contributed by atoms with Gasteiger partial charge in [-0.25, -0.2) is 0 Å². The molecule has 1 atom stereocenters. The lowest BCUT2D eigenvalue weighted by Crippen LogP contribution is -2.33. The molecule has 4 rings (SSSR count). The van der Waals surface area contributed by atoms with Gasteiger partial charge < -0.3 is 14.4 Å². The van der Waals surface area contributed by atoms with Gasteiger partial charge in [0.2, 0.25) is 0 Å². The highest BCUT2D eigenvalue weighted by molar-refractivity contribution is 6.30. The Balaban J connectivity index is 0.000000948. The second-order valence-electron chi connectivity index (χ2n) is 6.76. The van der Waals surface area contributed by atoms with Crippen LogP contribution in [0.2, 0.25) is 5.02 Å². The van der Waals surface area contributed by atoms with Gasteiger partial charge in [-0.2, -0.15) is 0 Å². The van der Waals surface area contributed by atoms with E-state index in [0.717, 1.165) is 43.1 Å². The zero-order valence-corrected chi connectivity index (χ0v) is 16.7. The summed E-state index contributed by atoms with van der Waals surface area (Å²) in [5.74, 6) is 1.27. The fourth-order valence-electron chi connectivity index (χ4n) is 3.54. The van der Waals surface area contributed by atoms with Crippen LogP contribution < -0.4 is 9.47 Å². The summed E-state index contributed by atoms with van der Waals surface area (Å²) < 4.78 is 12.4. The van der Waals surface area contributed by atoms with Crippen LogP contribution in [0, 0.1) is 0 Å². The molecule has 2 aromatic rings. The summed E-state index contributed by atoms with van der Waals surface area (Å²) in [5.41, 5.74) is 1.97. The molecule has 0 radical (unpaired) electrons. The third-order valence-electron chi connectivity index (χ3n) is 4.96. The maximum Gasteiger partial charge on any atom is 0.292 e. The number of pyridine rings is 1. The van der Waals surface area contributed by atoms with Crippen molar-refractivity contribution in [1.82, 2.24) is 9.88 Å². The highest BCUT2D eigenvalue weighted by Crippen LogP contribution is 2.48. The maximum atomic E-state index is 6.29. The van der Waals surface area contributed by atoms with Crippen LogP contribution in [0.15, 0.2) is 36.5 Å². The van der Waals surface area contributed by atoms with E-state index in [-0.39, 0.29) is 0 Å². The largest absolute Gasteiger partial charge is 0.443 e. The first-order valence-electron chi connectivity index (χ1n) is 9.37. The minimum absolute atomic E-state index is 0.514. The number of para-hydroxylation sites is 1. The molecule has 140 valence electrons. The lowest BCUT2D eigenvalue weighted by atomic mass is 9.89.